The van der Waals surface area contributed by atoms with Gasteiger partial charge in [-0.3, -0.25) is 14.5 Å². The summed E-state index contributed by atoms with van der Waals surface area (Å²) >= 11 is 0. The van der Waals surface area contributed by atoms with E-state index in [-0.39, 0.29) is 23.7 Å². The van der Waals surface area contributed by atoms with Crippen LogP contribution in [-0.4, -0.2) is 35.2 Å². The highest BCUT2D eigenvalue weighted by Crippen LogP contribution is 2.50. The van der Waals surface area contributed by atoms with Gasteiger partial charge in [-0.05, 0) is 56.8 Å². The number of allylic oxidation sites excluding steroid dienone is 7. The van der Waals surface area contributed by atoms with Gasteiger partial charge in [-0.1, -0.05) is 114 Å². The van der Waals surface area contributed by atoms with Crippen LogP contribution in [-0.2, 0) is 20.4 Å². The molecule has 5 rings (SSSR count). The zero-order valence-corrected chi connectivity index (χ0v) is 28.0. The number of rotatable bonds is 11. The summed E-state index contributed by atoms with van der Waals surface area (Å²) in [5, 5.41) is 23.7. The highest BCUT2D eigenvalue weighted by Gasteiger charge is 2.41. The van der Waals surface area contributed by atoms with Crippen molar-refractivity contribution in [1.82, 2.24) is 0 Å². The molecule has 1 heterocycles. The molecule has 0 spiro atoms. The van der Waals surface area contributed by atoms with Gasteiger partial charge in [0.15, 0.2) is 0 Å². The summed E-state index contributed by atoms with van der Waals surface area (Å²) in [4.78, 5) is 26.2. The summed E-state index contributed by atoms with van der Waals surface area (Å²) in [5.41, 5.74) is 5.17. The van der Waals surface area contributed by atoms with E-state index in [9.17, 15) is 19.8 Å². The molecule has 0 aromatic heterocycles. The number of hydrogen-bond donors (Lipinski definition) is 3. The molecule has 1 aliphatic heterocycles. The minimum Gasteiger partial charge on any atom is -0.481 e. The van der Waals surface area contributed by atoms with E-state index in [4.69, 9.17) is 0 Å². The van der Waals surface area contributed by atoms with Crippen molar-refractivity contribution >= 4 is 44.9 Å². The molecular formula is C41H45N2O4+. The Morgan fingerprint density at radius 2 is 1.36 bits per heavy atom. The van der Waals surface area contributed by atoms with Crippen LogP contribution >= 0.6 is 0 Å². The molecule has 1 atom stereocenters. The van der Waals surface area contributed by atoms with Gasteiger partial charge in [0.1, 0.15) is 5.69 Å². The molecule has 242 valence electrons. The van der Waals surface area contributed by atoms with E-state index < -0.39 is 11.9 Å². The van der Waals surface area contributed by atoms with E-state index in [1.54, 1.807) is 0 Å². The highest BCUT2D eigenvalue weighted by atomic mass is 16.4. The largest absolute Gasteiger partial charge is 0.481 e. The maximum atomic E-state index is 11.6. The zero-order valence-electron chi connectivity index (χ0n) is 28.0. The number of hydrogen-bond acceptors (Lipinski definition) is 3. The fourth-order valence-corrected chi connectivity index (χ4v) is 6.89. The molecule has 0 bridgehead atoms. The van der Waals surface area contributed by atoms with E-state index >= 15 is 0 Å². The van der Waals surface area contributed by atoms with E-state index in [0.29, 0.717) is 13.1 Å². The number of carboxylic acid groups (broad SMARTS) is 2. The lowest BCUT2D eigenvalue weighted by atomic mass is 9.81. The van der Waals surface area contributed by atoms with Gasteiger partial charge in [-0.2, -0.15) is 0 Å². The Balaban J connectivity index is 1.41. The van der Waals surface area contributed by atoms with E-state index in [2.05, 4.69) is 106 Å². The number of nitrogens with zero attached hydrogens (tertiary/aromatic N) is 1. The van der Waals surface area contributed by atoms with Crippen molar-refractivity contribution in [2.75, 3.05) is 18.0 Å². The molecule has 0 aliphatic carbocycles. The molecule has 0 saturated heterocycles. The third kappa shape index (κ3) is 7.23. The van der Waals surface area contributed by atoms with Crippen molar-refractivity contribution in [3.05, 3.63) is 132 Å². The quantitative estimate of drug-likeness (QED) is 0.146. The number of aliphatic carboxylic acids is 2. The summed E-state index contributed by atoms with van der Waals surface area (Å²) < 4.78 is 0. The third-order valence-electron chi connectivity index (χ3n) is 8.93. The van der Waals surface area contributed by atoms with E-state index in [1.807, 2.05) is 48.7 Å². The maximum Gasteiger partial charge on any atom is 0.309 e. The Morgan fingerprint density at radius 3 is 2.04 bits per heavy atom. The van der Waals surface area contributed by atoms with Crippen molar-refractivity contribution in [3.63, 3.8) is 0 Å². The minimum atomic E-state index is -0.820. The van der Waals surface area contributed by atoms with Crippen molar-refractivity contribution in [2.45, 2.75) is 58.3 Å². The predicted octanol–water partition coefficient (Wildman–Crippen LogP) is 8.06. The van der Waals surface area contributed by atoms with Crippen LogP contribution in [0.4, 0.5) is 11.4 Å². The van der Waals surface area contributed by atoms with Crippen LogP contribution in [0.15, 0.2) is 121 Å². The summed E-state index contributed by atoms with van der Waals surface area (Å²) in [5.74, 6) is -1.64. The Hall–Kier alpha value is -4.94. The molecule has 0 amide bonds. The lowest BCUT2D eigenvalue weighted by Gasteiger charge is -2.27. The monoisotopic (exact) mass is 629 g/mol. The second kappa shape index (κ2) is 13.8. The topological polar surface area (TPSA) is 82.3 Å². The Kier molecular flexibility index (Phi) is 9.83. The first-order chi connectivity index (χ1) is 22.4. The van der Waals surface area contributed by atoms with Gasteiger partial charge in [0.2, 0.25) is 0 Å². The minimum absolute atomic E-state index is 0.0446. The number of quaternary nitrogens is 1. The molecule has 0 fully saturated rings. The summed E-state index contributed by atoms with van der Waals surface area (Å²) in [6, 6.07) is 25.2. The van der Waals surface area contributed by atoms with Gasteiger partial charge in [0, 0.05) is 35.0 Å². The number of fused-ring (bicyclic) bond motifs is 4. The number of carboxylic acids is 2. The Bertz CT molecular complexity index is 1920. The molecule has 3 N–H and O–H groups in total. The molecule has 0 saturated carbocycles. The lowest BCUT2D eigenvalue weighted by Crippen LogP contribution is -3.02. The first-order valence-electron chi connectivity index (χ1n) is 16.2. The van der Waals surface area contributed by atoms with Crippen LogP contribution in [0.2, 0.25) is 0 Å². The highest BCUT2D eigenvalue weighted by molar-refractivity contribution is 5.95. The Labute approximate surface area is 277 Å². The van der Waals surface area contributed by atoms with Crippen LogP contribution in [0.25, 0.3) is 21.5 Å². The number of nitrogens with one attached hydrogen (secondary N) is 1. The normalized spacial score (nSPS) is 16.3. The van der Waals surface area contributed by atoms with Crippen molar-refractivity contribution in [2.24, 2.45) is 0 Å². The van der Waals surface area contributed by atoms with E-state index in [1.165, 1.54) is 32.7 Å². The van der Waals surface area contributed by atoms with Gasteiger partial charge in [0.25, 0.3) is 0 Å². The zero-order chi connectivity index (χ0) is 33.8. The average molecular weight is 630 g/mol. The summed E-state index contributed by atoms with van der Waals surface area (Å²) in [6.45, 7) is 11.8. The number of anilines is 1. The Morgan fingerprint density at radius 1 is 0.766 bits per heavy atom. The molecule has 0 radical (unpaired) electrons. The van der Waals surface area contributed by atoms with Gasteiger partial charge in [-0.15, -0.1) is 0 Å². The van der Waals surface area contributed by atoms with Crippen molar-refractivity contribution < 1.29 is 24.7 Å². The molecule has 4 aromatic rings. The standard InChI is InChI=1S/C41H44N2O4/c1-40(2,3)38-31-17-12-10-15-29(31)20-22-33(38)42(27-24-36(44)45)26-14-8-6-7-9-19-35-41(4,5)39-32-18-13-11-16-30(32)21-23-34(39)43(35)28-25-37(46)47/h6-23,26H,24-25,27-28H2,1-5H3,(H,44,45)(H,46,47)/p+1/b8-6+,9-7+,26-14+,35-19+. The van der Waals surface area contributed by atoms with Crippen LogP contribution in [0, 0.1) is 0 Å². The predicted molar refractivity (Wildman–Crippen MR) is 192 cm³/mol. The SMILES string of the molecule is CC(C)(C)c1c([NH+](/C=C/C=C/C=C/C=C2/N(CCC(=O)O)c3ccc4ccccc4c3C2(C)C)CCC(=O)O)ccc2ccccc12. The second-order valence-electron chi connectivity index (χ2n) is 13.7. The molecule has 1 unspecified atom stereocenters. The van der Waals surface area contributed by atoms with Crippen molar-refractivity contribution in [1.29, 1.82) is 0 Å². The average Bonchev–Trinajstić information content (AvgIpc) is 3.25. The fourth-order valence-electron chi connectivity index (χ4n) is 6.89. The van der Waals surface area contributed by atoms with Gasteiger partial charge in [-0.25, -0.2) is 0 Å². The van der Waals surface area contributed by atoms with Crippen molar-refractivity contribution in [3.8, 4) is 0 Å². The first kappa shape index (κ1) is 33.4. The van der Waals surface area contributed by atoms with Crippen LogP contribution in [0.5, 0.6) is 0 Å². The van der Waals surface area contributed by atoms with Gasteiger partial charge >= 0.3 is 11.9 Å². The molecule has 1 aliphatic rings. The maximum absolute atomic E-state index is 11.6. The van der Waals surface area contributed by atoms with Gasteiger partial charge in [0.05, 0.1) is 25.6 Å². The smallest absolute Gasteiger partial charge is 0.309 e. The van der Waals surface area contributed by atoms with Gasteiger partial charge < -0.3 is 15.1 Å². The molecule has 6 heteroatoms. The second-order valence-corrected chi connectivity index (χ2v) is 13.7. The number of carbonyl (C=O) groups is 2. The molecule has 6 nitrogen and oxygen atoms in total. The third-order valence-corrected chi connectivity index (χ3v) is 8.93. The van der Waals surface area contributed by atoms with Crippen LogP contribution in [0.1, 0.15) is 58.6 Å². The first-order valence-corrected chi connectivity index (χ1v) is 16.2. The molecule has 47 heavy (non-hydrogen) atoms. The molecule has 4 aromatic carbocycles. The molecular weight excluding hydrogens is 584 g/mol. The van der Waals surface area contributed by atoms with Crippen LogP contribution in [0.3, 0.4) is 0 Å². The lowest BCUT2D eigenvalue weighted by molar-refractivity contribution is -0.774. The van der Waals surface area contributed by atoms with E-state index in [0.717, 1.165) is 22.0 Å². The summed E-state index contributed by atoms with van der Waals surface area (Å²) in [7, 11) is 0. The van der Waals surface area contributed by atoms with Crippen LogP contribution < -0.4 is 9.80 Å². The fraction of sp³-hybridized carbons (Fsp3) is 0.268. The summed E-state index contributed by atoms with van der Waals surface area (Å²) in [6.07, 6.45) is 14.1. The number of benzene rings is 4.